The normalized spacial score (nSPS) is 20.7. The first-order valence-corrected chi connectivity index (χ1v) is 6.44. The second-order valence-corrected chi connectivity index (χ2v) is 5.30. The summed E-state index contributed by atoms with van der Waals surface area (Å²) < 4.78 is 0. The third kappa shape index (κ3) is 1.93. The summed E-state index contributed by atoms with van der Waals surface area (Å²) in [6.45, 7) is 2.22. The van der Waals surface area contributed by atoms with Crippen LogP contribution in [0, 0.1) is 0 Å². The number of H-pyrrole nitrogens is 1. The van der Waals surface area contributed by atoms with Gasteiger partial charge in [-0.25, -0.2) is 4.98 Å². The summed E-state index contributed by atoms with van der Waals surface area (Å²) in [7, 11) is 4.24. The van der Waals surface area contributed by atoms with Crippen molar-refractivity contribution in [1.82, 2.24) is 20.1 Å². The average molecular weight is 266 g/mol. The van der Waals surface area contributed by atoms with Crippen LogP contribution in [0.25, 0.3) is 10.9 Å². The van der Waals surface area contributed by atoms with Crippen LogP contribution >= 0.6 is 11.6 Å². The summed E-state index contributed by atoms with van der Waals surface area (Å²) >= 11 is 5.87. The second kappa shape index (κ2) is 4.40. The topological polar surface area (TPSA) is 48.0 Å². The fourth-order valence-corrected chi connectivity index (χ4v) is 2.70. The van der Waals surface area contributed by atoms with Gasteiger partial charge in [0, 0.05) is 31.9 Å². The van der Waals surface area contributed by atoms with E-state index >= 15 is 0 Å². The van der Waals surface area contributed by atoms with E-state index < -0.39 is 0 Å². The van der Waals surface area contributed by atoms with E-state index in [1.807, 2.05) is 6.07 Å². The molecule has 0 aromatic carbocycles. The number of nitrogens with one attached hydrogen (secondary N) is 1. The molecular formula is C12H16ClN5. The third-order valence-corrected chi connectivity index (χ3v) is 3.85. The zero-order valence-electron chi connectivity index (χ0n) is 10.5. The van der Waals surface area contributed by atoms with E-state index in [2.05, 4.69) is 39.1 Å². The number of aromatic amines is 1. The van der Waals surface area contributed by atoms with Gasteiger partial charge < -0.3 is 9.80 Å². The Labute approximate surface area is 111 Å². The number of hydrogen-bond donors (Lipinski definition) is 1. The molecule has 0 saturated carbocycles. The molecule has 1 unspecified atom stereocenters. The SMILES string of the molecule is CN1CCC(N(C)c2n[nH]c3cc(Cl)ncc23)C1. The number of likely N-dealkylation sites (N-methyl/N-ethyl adjacent to an activating group) is 2. The second-order valence-electron chi connectivity index (χ2n) is 4.92. The highest BCUT2D eigenvalue weighted by Gasteiger charge is 2.25. The highest BCUT2D eigenvalue weighted by atomic mass is 35.5. The van der Waals surface area contributed by atoms with Crippen LogP contribution < -0.4 is 4.90 Å². The molecular weight excluding hydrogens is 250 g/mol. The zero-order valence-corrected chi connectivity index (χ0v) is 11.3. The smallest absolute Gasteiger partial charge is 0.159 e. The van der Waals surface area contributed by atoms with Crippen molar-refractivity contribution in [2.75, 3.05) is 32.1 Å². The first-order valence-electron chi connectivity index (χ1n) is 6.06. The van der Waals surface area contributed by atoms with E-state index in [4.69, 9.17) is 11.6 Å². The van der Waals surface area contributed by atoms with Crippen molar-refractivity contribution in [2.45, 2.75) is 12.5 Å². The highest BCUT2D eigenvalue weighted by Crippen LogP contribution is 2.27. The van der Waals surface area contributed by atoms with Crippen LogP contribution in [0.2, 0.25) is 5.15 Å². The summed E-state index contributed by atoms with van der Waals surface area (Å²) in [5.74, 6) is 0.953. The van der Waals surface area contributed by atoms with Gasteiger partial charge in [-0.05, 0) is 20.0 Å². The first-order chi connectivity index (χ1) is 8.65. The lowest BCUT2D eigenvalue weighted by Gasteiger charge is -2.24. The standard InChI is InChI=1S/C12H16ClN5/c1-17-4-3-8(7-17)18(2)12-9-6-14-11(13)5-10(9)15-16-12/h5-6,8H,3-4,7H2,1-2H3,(H,15,16). The summed E-state index contributed by atoms with van der Waals surface area (Å²) in [5.41, 5.74) is 0.934. The molecule has 2 aromatic heterocycles. The third-order valence-electron chi connectivity index (χ3n) is 3.64. The quantitative estimate of drug-likeness (QED) is 0.841. The molecule has 1 aliphatic rings. The van der Waals surface area contributed by atoms with E-state index in [0.29, 0.717) is 11.2 Å². The van der Waals surface area contributed by atoms with E-state index in [9.17, 15) is 0 Å². The highest BCUT2D eigenvalue weighted by molar-refractivity contribution is 6.30. The van der Waals surface area contributed by atoms with Crippen molar-refractivity contribution in [3.05, 3.63) is 17.4 Å². The van der Waals surface area contributed by atoms with Gasteiger partial charge in [-0.2, -0.15) is 5.10 Å². The lowest BCUT2D eigenvalue weighted by atomic mass is 10.2. The minimum atomic E-state index is 0.487. The van der Waals surface area contributed by atoms with Crippen LogP contribution in [-0.2, 0) is 0 Å². The number of halogens is 1. The van der Waals surface area contributed by atoms with Crippen LogP contribution in [0.15, 0.2) is 12.3 Å². The number of hydrogen-bond acceptors (Lipinski definition) is 4. The van der Waals surface area contributed by atoms with Crippen molar-refractivity contribution in [1.29, 1.82) is 0 Å². The molecule has 1 fully saturated rings. The van der Waals surface area contributed by atoms with Gasteiger partial charge in [-0.3, -0.25) is 5.10 Å². The molecule has 0 amide bonds. The fraction of sp³-hybridized carbons (Fsp3) is 0.500. The van der Waals surface area contributed by atoms with Crippen molar-refractivity contribution in [2.24, 2.45) is 0 Å². The van der Waals surface area contributed by atoms with Gasteiger partial charge >= 0.3 is 0 Å². The Morgan fingerprint density at radius 3 is 3.11 bits per heavy atom. The number of rotatable bonds is 2. The predicted octanol–water partition coefficient (Wildman–Crippen LogP) is 1.75. The van der Waals surface area contributed by atoms with Crippen LogP contribution in [0.5, 0.6) is 0 Å². The number of likely N-dealkylation sites (tertiary alicyclic amines) is 1. The number of pyridine rings is 1. The molecule has 3 rings (SSSR count). The molecule has 0 aliphatic carbocycles. The molecule has 2 aromatic rings. The Bertz CT molecular complexity index is 567. The maximum Gasteiger partial charge on any atom is 0.159 e. The Morgan fingerprint density at radius 1 is 1.56 bits per heavy atom. The number of fused-ring (bicyclic) bond motifs is 1. The Morgan fingerprint density at radius 2 is 2.39 bits per heavy atom. The largest absolute Gasteiger partial charge is 0.353 e. The molecule has 0 bridgehead atoms. The van der Waals surface area contributed by atoms with E-state index in [0.717, 1.165) is 29.8 Å². The van der Waals surface area contributed by atoms with Crippen LogP contribution in [0.1, 0.15) is 6.42 Å². The van der Waals surface area contributed by atoms with Crippen molar-refractivity contribution >= 4 is 28.3 Å². The van der Waals surface area contributed by atoms with Gasteiger partial charge in [-0.1, -0.05) is 11.6 Å². The van der Waals surface area contributed by atoms with Gasteiger partial charge in [0.1, 0.15) is 5.15 Å². The molecule has 0 spiro atoms. The molecule has 1 aliphatic heterocycles. The molecule has 1 atom stereocenters. The maximum atomic E-state index is 5.87. The fourth-order valence-electron chi connectivity index (χ4n) is 2.54. The molecule has 5 nitrogen and oxygen atoms in total. The van der Waals surface area contributed by atoms with Gasteiger partial charge in [-0.15, -0.1) is 0 Å². The van der Waals surface area contributed by atoms with E-state index in [1.165, 1.54) is 6.42 Å². The molecule has 6 heteroatoms. The predicted molar refractivity (Wildman–Crippen MR) is 73.2 cm³/mol. The molecule has 0 radical (unpaired) electrons. The molecule has 3 heterocycles. The van der Waals surface area contributed by atoms with Crippen LogP contribution in [0.3, 0.4) is 0 Å². The molecule has 1 saturated heterocycles. The molecule has 96 valence electrons. The van der Waals surface area contributed by atoms with Crippen molar-refractivity contribution in [3.8, 4) is 0 Å². The van der Waals surface area contributed by atoms with Crippen molar-refractivity contribution in [3.63, 3.8) is 0 Å². The maximum absolute atomic E-state index is 5.87. The molecule has 1 N–H and O–H groups in total. The van der Waals surface area contributed by atoms with Gasteiger partial charge in [0.05, 0.1) is 10.9 Å². The van der Waals surface area contributed by atoms with Gasteiger partial charge in [0.15, 0.2) is 5.82 Å². The van der Waals surface area contributed by atoms with Gasteiger partial charge in [0.25, 0.3) is 0 Å². The minimum absolute atomic E-state index is 0.487. The number of aromatic nitrogens is 3. The van der Waals surface area contributed by atoms with E-state index in [-0.39, 0.29) is 0 Å². The van der Waals surface area contributed by atoms with Gasteiger partial charge in [0.2, 0.25) is 0 Å². The summed E-state index contributed by atoms with van der Waals surface area (Å²) in [5, 5.41) is 8.92. The lowest BCUT2D eigenvalue weighted by Crippen LogP contribution is -2.34. The average Bonchev–Trinajstić information content (AvgIpc) is 2.94. The van der Waals surface area contributed by atoms with Crippen molar-refractivity contribution < 1.29 is 0 Å². The number of anilines is 1. The lowest BCUT2D eigenvalue weighted by molar-refractivity contribution is 0.409. The van der Waals surface area contributed by atoms with Crippen LogP contribution in [-0.4, -0.2) is 53.3 Å². The Hall–Kier alpha value is -1.33. The summed E-state index contributed by atoms with van der Waals surface area (Å²) in [6, 6.07) is 2.32. The Balaban J connectivity index is 1.94. The first kappa shape index (κ1) is 11.7. The number of nitrogens with zero attached hydrogens (tertiary/aromatic N) is 4. The monoisotopic (exact) mass is 265 g/mol. The minimum Gasteiger partial charge on any atom is -0.353 e. The Kier molecular flexibility index (Phi) is 2.87. The summed E-state index contributed by atoms with van der Waals surface area (Å²) in [4.78, 5) is 8.70. The zero-order chi connectivity index (χ0) is 12.7. The van der Waals surface area contributed by atoms with E-state index in [1.54, 1.807) is 6.20 Å². The molecule has 18 heavy (non-hydrogen) atoms. The van der Waals surface area contributed by atoms with Crippen LogP contribution in [0.4, 0.5) is 5.82 Å². The summed E-state index contributed by atoms with van der Waals surface area (Å²) in [6.07, 6.45) is 2.95.